The Balaban J connectivity index is 2.13. The van der Waals surface area contributed by atoms with Gasteiger partial charge in [-0.2, -0.15) is 0 Å². The van der Waals surface area contributed by atoms with Gasteiger partial charge < -0.3 is 10.3 Å². The fraction of sp³-hybridized carbons (Fsp3) is 0.308. The molecule has 0 aliphatic rings. The van der Waals surface area contributed by atoms with Crippen LogP contribution in [0.15, 0.2) is 30.7 Å². The molecule has 0 saturated heterocycles. The van der Waals surface area contributed by atoms with Gasteiger partial charge in [0.2, 0.25) is 0 Å². The zero-order valence-electron chi connectivity index (χ0n) is 11.0. The van der Waals surface area contributed by atoms with E-state index in [4.69, 9.17) is 17.3 Å². The Morgan fingerprint density at radius 3 is 2.90 bits per heavy atom. The number of hydrogen-bond donors (Lipinski definition) is 1. The summed E-state index contributed by atoms with van der Waals surface area (Å²) in [5, 5.41) is 11.0. The molecule has 0 spiro atoms. The molecular formula is C13H15ClN4O2. The van der Waals surface area contributed by atoms with Gasteiger partial charge in [-0.1, -0.05) is 11.6 Å². The highest BCUT2D eigenvalue weighted by Gasteiger charge is 2.10. The smallest absolute Gasteiger partial charge is 0.270 e. The zero-order valence-corrected chi connectivity index (χ0v) is 11.7. The molecule has 7 heteroatoms. The monoisotopic (exact) mass is 294 g/mol. The Labute approximate surface area is 121 Å². The third kappa shape index (κ3) is 3.55. The molecule has 0 aliphatic carbocycles. The van der Waals surface area contributed by atoms with Gasteiger partial charge in [0.25, 0.3) is 5.69 Å². The molecule has 2 rings (SSSR count). The minimum absolute atomic E-state index is 0.0120. The lowest BCUT2D eigenvalue weighted by Crippen LogP contribution is -2.17. The number of nitro benzene ring substituents is 1. The Morgan fingerprint density at radius 2 is 2.30 bits per heavy atom. The van der Waals surface area contributed by atoms with Gasteiger partial charge in [-0.25, -0.2) is 4.98 Å². The van der Waals surface area contributed by atoms with Crippen LogP contribution in [0.25, 0.3) is 0 Å². The van der Waals surface area contributed by atoms with E-state index in [9.17, 15) is 10.1 Å². The van der Waals surface area contributed by atoms with E-state index in [1.165, 1.54) is 12.1 Å². The average Bonchev–Trinajstić information content (AvgIpc) is 2.78. The molecular weight excluding hydrogens is 280 g/mol. The lowest BCUT2D eigenvalue weighted by atomic mass is 10.2. The van der Waals surface area contributed by atoms with Crippen molar-refractivity contribution in [2.24, 2.45) is 5.73 Å². The summed E-state index contributed by atoms with van der Waals surface area (Å²) in [6.45, 7) is 2.44. The maximum Gasteiger partial charge on any atom is 0.270 e. The van der Waals surface area contributed by atoms with Crippen LogP contribution in [0.2, 0.25) is 5.02 Å². The molecule has 20 heavy (non-hydrogen) atoms. The van der Waals surface area contributed by atoms with Crippen LogP contribution < -0.4 is 5.73 Å². The lowest BCUT2D eigenvalue weighted by molar-refractivity contribution is -0.384. The lowest BCUT2D eigenvalue weighted by Gasteiger charge is -2.05. The molecule has 0 bridgehead atoms. The zero-order chi connectivity index (χ0) is 14.7. The van der Waals surface area contributed by atoms with Crippen LogP contribution in [-0.2, 0) is 13.0 Å². The highest BCUT2D eigenvalue weighted by molar-refractivity contribution is 6.31. The first-order chi connectivity index (χ1) is 9.45. The highest BCUT2D eigenvalue weighted by atomic mass is 35.5. The van der Waals surface area contributed by atoms with Crippen LogP contribution in [-0.4, -0.2) is 20.5 Å². The molecule has 106 valence electrons. The summed E-state index contributed by atoms with van der Waals surface area (Å²) in [5.41, 5.74) is 7.43. The molecule has 6 nitrogen and oxygen atoms in total. The first kappa shape index (κ1) is 14.5. The SMILES string of the molecule is CC(N)Cc1cn(Cc2ccc([N+](=O)[O-])cc2Cl)cn1. The number of aromatic nitrogens is 2. The number of nitrogens with two attached hydrogens (primary N) is 1. The number of hydrogen-bond acceptors (Lipinski definition) is 4. The van der Waals surface area contributed by atoms with Crippen LogP contribution in [0.1, 0.15) is 18.2 Å². The van der Waals surface area contributed by atoms with Crippen molar-refractivity contribution in [2.75, 3.05) is 0 Å². The van der Waals surface area contributed by atoms with Crippen LogP contribution in [0.4, 0.5) is 5.69 Å². The van der Waals surface area contributed by atoms with Crippen LogP contribution in [0.5, 0.6) is 0 Å². The van der Waals surface area contributed by atoms with Gasteiger partial charge in [-0.15, -0.1) is 0 Å². The van der Waals surface area contributed by atoms with Crippen LogP contribution in [0.3, 0.4) is 0 Å². The number of non-ortho nitro benzene ring substituents is 1. The molecule has 0 saturated carbocycles. The largest absolute Gasteiger partial charge is 0.333 e. The van der Waals surface area contributed by atoms with Crippen molar-refractivity contribution in [3.05, 3.63) is 57.1 Å². The Morgan fingerprint density at radius 1 is 1.55 bits per heavy atom. The molecule has 1 atom stereocenters. The van der Waals surface area contributed by atoms with E-state index in [0.29, 0.717) is 18.0 Å². The van der Waals surface area contributed by atoms with Gasteiger partial charge in [0, 0.05) is 37.3 Å². The van der Waals surface area contributed by atoms with Gasteiger partial charge in [0.15, 0.2) is 0 Å². The summed E-state index contributed by atoms with van der Waals surface area (Å²) in [6.07, 6.45) is 4.32. The molecule has 1 aromatic heterocycles. The first-order valence-electron chi connectivity index (χ1n) is 6.14. The second kappa shape index (κ2) is 6.02. The molecule has 1 aromatic carbocycles. The number of nitrogens with zero attached hydrogens (tertiary/aromatic N) is 3. The van der Waals surface area contributed by atoms with Gasteiger partial charge >= 0.3 is 0 Å². The average molecular weight is 295 g/mol. The van der Waals surface area contributed by atoms with Crippen molar-refractivity contribution in [3.8, 4) is 0 Å². The van der Waals surface area contributed by atoms with Crippen molar-refractivity contribution >= 4 is 17.3 Å². The van der Waals surface area contributed by atoms with Crippen LogP contribution >= 0.6 is 11.6 Å². The van der Waals surface area contributed by atoms with Gasteiger partial charge in [0.1, 0.15) is 0 Å². The number of imidazole rings is 1. The third-order valence-electron chi connectivity index (χ3n) is 2.82. The molecule has 0 aliphatic heterocycles. The van der Waals surface area contributed by atoms with E-state index in [1.54, 1.807) is 12.4 Å². The molecule has 0 amide bonds. The number of nitro groups is 1. The maximum atomic E-state index is 10.6. The number of benzene rings is 1. The first-order valence-corrected chi connectivity index (χ1v) is 6.52. The summed E-state index contributed by atoms with van der Waals surface area (Å²) >= 11 is 6.06. The summed E-state index contributed by atoms with van der Waals surface area (Å²) in [4.78, 5) is 14.4. The van der Waals surface area contributed by atoms with E-state index < -0.39 is 4.92 Å². The fourth-order valence-corrected chi connectivity index (χ4v) is 2.14. The predicted octanol–water partition coefficient (Wildman–Crippen LogP) is 2.38. The van der Waals surface area contributed by atoms with Crippen molar-refractivity contribution in [2.45, 2.75) is 25.9 Å². The van der Waals surface area contributed by atoms with E-state index in [0.717, 1.165) is 11.3 Å². The van der Waals surface area contributed by atoms with Gasteiger partial charge in [-0.05, 0) is 18.6 Å². The third-order valence-corrected chi connectivity index (χ3v) is 3.17. The van der Waals surface area contributed by atoms with E-state index in [-0.39, 0.29) is 11.7 Å². The summed E-state index contributed by atoms with van der Waals surface area (Å²) < 4.78 is 1.88. The summed E-state index contributed by atoms with van der Waals surface area (Å²) in [7, 11) is 0. The second-order valence-electron chi connectivity index (χ2n) is 4.75. The van der Waals surface area contributed by atoms with Crippen molar-refractivity contribution < 1.29 is 4.92 Å². The topological polar surface area (TPSA) is 87.0 Å². The molecule has 2 aromatic rings. The van der Waals surface area contributed by atoms with Crippen molar-refractivity contribution in [1.82, 2.24) is 9.55 Å². The minimum Gasteiger partial charge on any atom is -0.333 e. The highest BCUT2D eigenvalue weighted by Crippen LogP contribution is 2.23. The van der Waals surface area contributed by atoms with Crippen molar-refractivity contribution in [1.29, 1.82) is 0 Å². The molecule has 1 unspecified atom stereocenters. The van der Waals surface area contributed by atoms with E-state index >= 15 is 0 Å². The number of halogens is 1. The normalized spacial score (nSPS) is 12.3. The molecule has 1 heterocycles. The fourth-order valence-electron chi connectivity index (χ4n) is 1.90. The molecule has 2 N–H and O–H groups in total. The van der Waals surface area contributed by atoms with Gasteiger partial charge in [-0.3, -0.25) is 10.1 Å². The second-order valence-corrected chi connectivity index (χ2v) is 5.16. The van der Waals surface area contributed by atoms with E-state index in [2.05, 4.69) is 4.98 Å². The molecule has 0 radical (unpaired) electrons. The standard InChI is InChI=1S/C13H15ClN4O2/c1-9(15)4-11-7-17(8-16-11)6-10-2-3-12(18(19)20)5-13(10)14/h2-3,5,7-9H,4,6,15H2,1H3. The van der Waals surface area contributed by atoms with E-state index in [1.807, 2.05) is 17.7 Å². The summed E-state index contributed by atoms with van der Waals surface area (Å²) in [5.74, 6) is 0. The quantitative estimate of drug-likeness (QED) is 0.677. The summed E-state index contributed by atoms with van der Waals surface area (Å²) in [6, 6.07) is 4.52. The minimum atomic E-state index is -0.465. The molecule has 0 fully saturated rings. The Kier molecular flexibility index (Phi) is 4.36. The predicted molar refractivity (Wildman–Crippen MR) is 76.8 cm³/mol. The maximum absolute atomic E-state index is 10.6. The number of rotatable bonds is 5. The Hall–Kier alpha value is -1.92. The van der Waals surface area contributed by atoms with Crippen molar-refractivity contribution in [3.63, 3.8) is 0 Å². The van der Waals surface area contributed by atoms with Gasteiger partial charge in [0.05, 0.1) is 22.0 Å². The van der Waals surface area contributed by atoms with Crippen LogP contribution in [0, 0.1) is 10.1 Å². The Bertz CT molecular complexity index is 625.